The number of amides is 1. The van der Waals surface area contributed by atoms with E-state index < -0.39 is 5.60 Å². The van der Waals surface area contributed by atoms with Crippen molar-refractivity contribution in [2.45, 2.75) is 43.4 Å². The molecule has 8 heteroatoms. The highest BCUT2D eigenvalue weighted by Crippen LogP contribution is 2.52. The van der Waals surface area contributed by atoms with Crippen LogP contribution in [0.2, 0.25) is 0 Å². The van der Waals surface area contributed by atoms with Gasteiger partial charge in [0.2, 0.25) is 5.91 Å². The average Bonchev–Trinajstić information content (AvgIpc) is 3.57. The second-order valence-electron chi connectivity index (χ2n) is 8.74. The number of ether oxygens (including phenoxy) is 2. The molecule has 1 aromatic carbocycles. The van der Waals surface area contributed by atoms with E-state index in [4.69, 9.17) is 14.7 Å². The van der Waals surface area contributed by atoms with E-state index in [9.17, 15) is 4.79 Å². The summed E-state index contributed by atoms with van der Waals surface area (Å²) >= 11 is 3.62. The summed E-state index contributed by atoms with van der Waals surface area (Å²) in [6.07, 6.45) is 5.49. The van der Waals surface area contributed by atoms with Crippen molar-refractivity contribution in [3.05, 3.63) is 52.1 Å². The molecule has 0 spiro atoms. The van der Waals surface area contributed by atoms with Gasteiger partial charge in [0, 0.05) is 41.4 Å². The van der Waals surface area contributed by atoms with E-state index in [-0.39, 0.29) is 24.6 Å². The molecule has 2 atom stereocenters. The van der Waals surface area contributed by atoms with Crippen molar-refractivity contribution in [1.82, 2.24) is 9.88 Å². The lowest BCUT2D eigenvalue weighted by molar-refractivity contribution is -0.140. The standard InChI is InChI=1S/C24H25BrN4O3/c1-31-19-5-6-21(25)20(10-19)24(8-9-24)32-15-23(30)28-13-17-3-4-18(14-28)29(17)22-7-2-16(11-26)12-27-22/h2,5-7,10,12,17-18H,3-4,8-9,13-15H2,1H3/t17-,18?/m0/s1. The minimum absolute atomic E-state index is 0.0413. The number of anilines is 1. The van der Waals surface area contributed by atoms with Gasteiger partial charge in [-0.25, -0.2) is 4.98 Å². The zero-order chi connectivity index (χ0) is 22.3. The lowest BCUT2D eigenvalue weighted by Gasteiger charge is -2.41. The molecule has 3 fully saturated rings. The maximum atomic E-state index is 13.1. The van der Waals surface area contributed by atoms with E-state index >= 15 is 0 Å². The lowest BCUT2D eigenvalue weighted by atomic mass is 10.1. The second-order valence-corrected chi connectivity index (χ2v) is 9.59. The number of hydrogen-bond acceptors (Lipinski definition) is 6. The molecule has 32 heavy (non-hydrogen) atoms. The first kappa shape index (κ1) is 21.2. The van der Waals surface area contributed by atoms with Crippen molar-refractivity contribution < 1.29 is 14.3 Å². The van der Waals surface area contributed by atoms with Gasteiger partial charge in [-0.1, -0.05) is 15.9 Å². The molecule has 3 heterocycles. The van der Waals surface area contributed by atoms with Gasteiger partial charge in [-0.15, -0.1) is 0 Å². The summed E-state index contributed by atoms with van der Waals surface area (Å²) in [7, 11) is 1.65. The predicted molar refractivity (Wildman–Crippen MR) is 122 cm³/mol. The van der Waals surface area contributed by atoms with Crippen molar-refractivity contribution in [3.63, 3.8) is 0 Å². The third-order valence-corrected chi connectivity index (χ3v) is 7.51. The van der Waals surface area contributed by atoms with Gasteiger partial charge < -0.3 is 19.3 Å². The molecule has 2 saturated heterocycles. The Kier molecular flexibility index (Phi) is 5.56. The quantitative estimate of drug-likeness (QED) is 0.607. The number of piperazine rings is 1. The summed E-state index contributed by atoms with van der Waals surface area (Å²) in [5, 5.41) is 9.01. The fourth-order valence-corrected chi connectivity index (χ4v) is 5.57. The van der Waals surface area contributed by atoms with E-state index in [1.807, 2.05) is 29.2 Å². The molecule has 2 bridgehead atoms. The smallest absolute Gasteiger partial charge is 0.248 e. The number of likely N-dealkylation sites (tertiary alicyclic amines) is 1. The highest BCUT2D eigenvalue weighted by molar-refractivity contribution is 9.10. The fraction of sp³-hybridized carbons (Fsp3) is 0.458. The van der Waals surface area contributed by atoms with Crippen molar-refractivity contribution >= 4 is 27.7 Å². The number of methoxy groups -OCH3 is 1. The third-order valence-electron chi connectivity index (χ3n) is 6.82. The van der Waals surface area contributed by atoms with Crippen LogP contribution >= 0.6 is 15.9 Å². The van der Waals surface area contributed by atoms with E-state index in [1.165, 1.54) is 0 Å². The van der Waals surface area contributed by atoms with Crippen molar-refractivity contribution in [2.24, 2.45) is 0 Å². The van der Waals surface area contributed by atoms with Crippen LogP contribution in [0.25, 0.3) is 0 Å². The predicted octanol–water partition coefficient (Wildman–Crippen LogP) is 3.61. The Morgan fingerprint density at radius 3 is 2.59 bits per heavy atom. The number of halogens is 1. The monoisotopic (exact) mass is 496 g/mol. The van der Waals surface area contributed by atoms with Gasteiger partial charge in [0.25, 0.3) is 0 Å². The normalized spacial score (nSPS) is 23.0. The van der Waals surface area contributed by atoms with Crippen LogP contribution in [0.3, 0.4) is 0 Å². The Morgan fingerprint density at radius 2 is 2.00 bits per heavy atom. The van der Waals surface area contributed by atoms with Crippen LogP contribution in [0, 0.1) is 11.3 Å². The molecule has 2 aromatic rings. The molecule has 1 aromatic heterocycles. The second kappa shape index (κ2) is 8.38. The molecule has 0 N–H and O–H groups in total. The molecule has 2 aliphatic heterocycles. The van der Waals surface area contributed by atoms with Crippen molar-refractivity contribution in [2.75, 3.05) is 31.7 Å². The molecule has 1 aliphatic carbocycles. The van der Waals surface area contributed by atoms with Crippen LogP contribution in [0.5, 0.6) is 5.75 Å². The summed E-state index contributed by atoms with van der Waals surface area (Å²) < 4.78 is 12.6. The maximum Gasteiger partial charge on any atom is 0.248 e. The number of pyridine rings is 1. The molecule has 1 saturated carbocycles. The highest BCUT2D eigenvalue weighted by atomic mass is 79.9. The number of nitriles is 1. The Balaban J connectivity index is 1.23. The minimum atomic E-state index is -0.407. The van der Waals surface area contributed by atoms with E-state index in [0.717, 1.165) is 47.3 Å². The maximum absolute atomic E-state index is 13.1. The first-order chi connectivity index (χ1) is 15.5. The van der Waals surface area contributed by atoms with Crippen LogP contribution in [0.15, 0.2) is 41.0 Å². The van der Waals surface area contributed by atoms with E-state index in [2.05, 4.69) is 31.9 Å². The van der Waals surface area contributed by atoms with Gasteiger partial charge in [-0.2, -0.15) is 5.26 Å². The van der Waals surface area contributed by atoms with Gasteiger partial charge in [0.1, 0.15) is 24.2 Å². The molecule has 5 rings (SSSR count). The number of carbonyl (C=O) groups excluding carboxylic acids is 1. The van der Waals surface area contributed by atoms with Crippen LogP contribution in [-0.2, 0) is 15.1 Å². The summed E-state index contributed by atoms with van der Waals surface area (Å²) in [5.41, 5.74) is 1.20. The Morgan fingerprint density at radius 1 is 1.25 bits per heavy atom. The fourth-order valence-electron chi connectivity index (χ4n) is 4.96. The van der Waals surface area contributed by atoms with Crippen LogP contribution in [0.4, 0.5) is 5.82 Å². The molecule has 1 unspecified atom stereocenters. The van der Waals surface area contributed by atoms with Crippen LogP contribution in [0.1, 0.15) is 36.8 Å². The highest BCUT2D eigenvalue weighted by Gasteiger charge is 2.48. The summed E-state index contributed by atoms with van der Waals surface area (Å²) in [4.78, 5) is 21.8. The molecular weight excluding hydrogens is 472 g/mol. The zero-order valence-electron chi connectivity index (χ0n) is 18.0. The zero-order valence-corrected chi connectivity index (χ0v) is 19.5. The topological polar surface area (TPSA) is 78.7 Å². The minimum Gasteiger partial charge on any atom is -0.497 e. The van der Waals surface area contributed by atoms with Crippen molar-refractivity contribution in [3.8, 4) is 11.8 Å². The van der Waals surface area contributed by atoms with Gasteiger partial charge >= 0.3 is 0 Å². The molecular formula is C24H25BrN4O3. The third kappa shape index (κ3) is 3.84. The summed E-state index contributed by atoms with van der Waals surface area (Å²) in [6, 6.07) is 12.2. The van der Waals surface area contributed by atoms with Crippen molar-refractivity contribution in [1.29, 1.82) is 5.26 Å². The average molecular weight is 497 g/mol. The van der Waals surface area contributed by atoms with Crippen LogP contribution < -0.4 is 9.64 Å². The summed E-state index contributed by atoms with van der Waals surface area (Å²) in [5.74, 6) is 1.72. The lowest BCUT2D eigenvalue weighted by Crippen LogP contribution is -2.56. The number of benzene rings is 1. The number of aromatic nitrogens is 1. The van der Waals surface area contributed by atoms with Gasteiger partial charge in [-0.3, -0.25) is 4.79 Å². The first-order valence-corrected chi connectivity index (χ1v) is 11.7. The first-order valence-electron chi connectivity index (χ1n) is 10.9. The molecule has 3 aliphatic rings. The molecule has 0 radical (unpaired) electrons. The molecule has 166 valence electrons. The van der Waals surface area contributed by atoms with E-state index in [0.29, 0.717) is 18.7 Å². The Bertz CT molecular complexity index is 1050. The van der Waals surface area contributed by atoms with Gasteiger partial charge in [0.05, 0.1) is 18.3 Å². The number of hydrogen-bond donors (Lipinski definition) is 0. The van der Waals surface area contributed by atoms with Gasteiger partial charge in [-0.05, 0) is 56.0 Å². The number of carbonyl (C=O) groups is 1. The Hall–Kier alpha value is -2.63. The number of fused-ring (bicyclic) bond motifs is 2. The van der Waals surface area contributed by atoms with Crippen LogP contribution in [-0.4, -0.2) is 54.7 Å². The SMILES string of the molecule is COc1ccc(Br)c(C2(OCC(=O)N3CC4CC[C@@H](C3)N4c3ccc(C#N)cn3)CC2)c1. The number of nitrogens with zero attached hydrogens (tertiary/aromatic N) is 4. The molecule has 7 nitrogen and oxygen atoms in total. The molecule has 1 amide bonds. The Labute approximate surface area is 196 Å². The van der Waals surface area contributed by atoms with Gasteiger partial charge in [0.15, 0.2) is 0 Å². The van der Waals surface area contributed by atoms with E-state index in [1.54, 1.807) is 19.4 Å². The number of rotatable bonds is 6. The summed E-state index contributed by atoms with van der Waals surface area (Å²) in [6.45, 7) is 1.44. The largest absolute Gasteiger partial charge is 0.497 e.